The average molecular weight is 397 g/mol. The van der Waals surface area contributed by atoms with E-state index in [-0.39, 0.29) is 16.9 Å². The second kappa shape index (κ2) is 9.21. The number of benzene rings is 1. The number of nitrogens with two attached hydrogens (primary N) is 1. The van der Waals surface area contributed by atoms with Gasteiger partial charge >= 0.3 is 0 Å². The monoisotopic (exact) mass is 396 g/mol. The zero-order valence-corrected chi connectivity index (χ0v) is 16.6. The quantitative estimate of drug-likeness (QED) is 0.664. The number of carbonyl (C=O) groups is 2. The van der Waals surface area contributed by atoms with Crippen LogP contribution in [0.25, 0.3) is 0 Å². The molecular formula is C16H20N4O2S3. The third-order valence-corrected chi connectivity index (χ3v) is 6.48. The van der Waals surface area contributed by atoms with Crippen molar-refractivity contribution in [3.63, 3.8) is 0 Å². The summed E-state index contributed by atoms with van der Waals surface area (Å²) in [6.07, 6.45) is 0. The average Bonchev–Trinajstić information content (AvgIpc) is 3.00. The Bertz CT molecular complexity index is 731. The van der Waals surface area contributed by atoms with Gasteiger partial charge in [0, 0.05) is 5.69 Å². The molecule has 2 rings (SSSR count). The Morgan fingerprint density at radius 3 is 2.40 bits per heavy atom. The van der Waals surface area contributed by atoms with Gasteiger partial charge in [0.2, 0.25) is 11.8 Å². The molecule has 0 fully saturated rings. The Morgan fingerprint density at radius 1 is 1.16 bits per heavy atom. The molecule has 3 N–H and O–H groups in total. The van der Waals surface area contributed by atoms with E-state index in [4.69, 9.17) is 5.73 Å². The van der Waals surface area contributed by atoms with Crippen molar-refractivity contribution in [1.82, 2.24) is 10.2 Å². The number of primary amides is 1. The number of carbonyl (C=O) groups excluding carboxylic acids is 2. The fourth-order valence-corrected chi connectivity index (χ4v) is 4.74. The van der Waals surface area contributed by atoms with Crippen LogP contribution in [-0.4, -0.2) is 33.0 Å². The van der Waals surface area contributed by atoms with Crippen LogP contribution in [0, 0.1) is 0 Å². The van der Waals surface area contributed by atoms with Gasteiger partial charge in [-0.3, -0.25) is 9.59 Å². The Kier molecular flexibility index (Phi) is 7.27. The number of amides is 2. The summed E-state index contributed by atoms with van der Waals surface area (Å²) in [4.78, 5) is 23.1. The SMILES string of the molecule is CC(C)c1ccc(NC(=O)[C@H](C)Sc2nnc(SCC(N)=O)s2)cc1. The number of rotatable bonds is 8. The van der Waals surface area contributed by atoms with Gasteiger partial charge in [0.1, 0.15) is 0 Å². The van der Waals surface area contributed by atoms with Gasteiger partial charge in [0.25, 0.3) is 0 Å². The Morgan fingerprint density at radius 2 is 1.80 bits per heavy atom. The molecule has 1 atom stereocenters. The number of nitrogens with zero attached hydrogens (tertiary/aromatic N) is 2. The highest BCUT2D eigenvalue weighted by Crippen LogP contribution is 2.31. The molecule has 2 aromatic rings. The van der Waals surface area contributed by atoms with Crippen molar-refractivity contribution in [2.24, 2.45) is 5.73 Å². The van der Waals surface area contributed by atoms with Crippen LogP contribution in [0.4, 0.5) is 5.69 Å². The number of thioether (sulfide) groups is 2. The van der Waals surface area contributed by atoms with Crippen molar-refractivity contribution < 1.29 is 9.59 Å². The van der Waals surface area contributed by atoms with Crippen LogP contribution < -0.4 is 11.1 Å². The Hall–Kier alpha value is -1.58. The standard InChI is InChI=1S/C16H20N4O2S3/c1-9(2)11-4-6-12(7-5-11)18-14(22)10(3)24-16-20-19-15(25-16)23-8-13(17)21/h4-7,9-10H,8H2,1-3H3,(H2,17,21)(H,18,22)/t10-/m0/s1. The number of nitrogens with one attached hydrogen (secondary N) is 1. The second-order valence-electron chi connectivity index (χ2n) is 5.61. The summed E-state index contributed by atoms with van der Waals surface area (Å²) >= 11 is 3.93. The molecule has 134 valence electrons. The lowest BCUT2D eigenvalue weighted by Crippen LogP contribution is -2.22. The van der Waals surface area contributed by atoms with Gasteiger partial charge in [-0.05, 0) is 30.5 Å². The fourth-order valence-electron chi connectivity index (χ4n) is 1.84. The van der Waals surface area contributed by atoms with Crippen LogP contribution in [0.1, 0.15) is 32.3 Å². The van der Waals surface area contributed by atoms with E-state index in [1.807, 2.05) is 31.2 Å². The number of aromatic nitrogens is 2. The van der Waals surface area contributed by atoms with Gasteiger partial charge in [-0.2, -0.15) is 0 Å². The van der Waals surface area contributed by atoms with Crippen molar-refractivity contribution in [3.8, 4) is 0 Å². The van der Waals surface area contributed by atoms with E-state index in [0.717, 1.165) is 5.69 Å². The summed E-state index contributed by atoms with van der Waals surface area (Å²) in [6, 6.07) is 7.86. The smallest absolute Gasteiger partial charge is 0.237 e. The van der Waals surface area contributed by atoms with E-state index < -0.39 is 5.91 Å². The van der Waals surface area contributed by atoms with Crippen LogP contribution in [0.5, 0.6) is 0 Å². The fraction of sp³-hybridized carbons (Fsp3) is 0.375. The van der Waals surface area contributed by atoms with E-state index in [1.165, 1.54) is 40.4 Å². The van der Waals surface area contributed by atoms with E-state index in [0.29, 0.717) is 14.6 Å². The van der Waals surface area contributed by atoms with E-state index in [9.17, 15) is 9.59 Å². The first-order valence-electron chi connectivity index (χ1n) is 7.67. The van der Waals surface area contributed by atoms with Crippen LogP contribution in [-0.2, 0) is 9.59 Å². The summed E-state index contributed by atoms with van der Waals surface area (Å²) in [5.41, 5.74) is 7.11. The molecule has 0 aliphatic heterocycles. The van der Waals surface area contributed by atoms with Crippen molar-refractivity contribution in [2.45, 2.75) is 40.6 Å². The molecule has 6 nitrogen and oxygen atoms in total. The molecule has 1 heterocycles. The lowest BCUT2D eigenvalue weighted by molar-refractivity contribution is -0.116. The number of hydrogen-bond acceptors (Lipinski definition) is 7. The molecule has 2 amide bonds. The van der Waals surface area contributed by atoms with Gasteiger partial charge < -0.3 is 11.1 Å². The Balaban J connectivity index is 1.88. The lowest BCUT2D eigenvalue weighted by Gasteiger charge is -2.11. The lowest BCUT2D eigenvalue weighted by atomic mass is 10.0. The van der Waals surface area contributed by atoms with E-state index in [1.54, 1.807) is 0 Å². The molecule has 0 aliphatic rings. The molecule has 0 radical (unpaired) electrons. The number of hydrogen-bond donors (Lipinski definition) is 2. The summed E-state index contributed by atoms with van der Waals surface area (Å²) < 4.78 is 1.35. The zero-order valence-electron chi connectivity index (χ0n) is 14.2. The largest absolute Gasteiger partial charge is 0.369 e. The normalized spacial score (nSPS) is 12.2. The highest BCUT2D eigenvalue weighted by atomic mass is 32.2. The molecule has 1 aromatic heterocycles. The first-order valence-corrected chi connectivity index (χ1v) is 10.4. The summed E-state index contributed by atoms with van der Waals surface area (Å²) in [5.74, 6) is 0.134. The van der Waals surface area contributed by atoms with E-state index in [2.05, 4.69) is 29.4 Å². The topological polar surface area (TPSA) is 98.0 Å². The highest BCUT2D eigenvalue weighted by Gasteiger charge is 2.17. The van der Waals surface area contributed by atoms with Gasteiger partial charge in [0.05, 0.1) is 11.0 Å². The molecule has 0 bridgehead atoms. The number of anilines is 1. The Labute approximate surface area is 159 Å². The van der Waals surface area contributed by atoms with Gasteiger partial charge in [-0.1, -0.05) is 60.8 Å². The van der Waals surface area contributed by atoms with Crippen LogP contribution in [0.15, 0.2) is 32.9 Å². The first-order chi connectivity index (χ1) is 11.8. The van der Waals surface area contributed by atoms with E-state index >= 15 is 0 Å². The van der Waals surface area contributed by atoms with Crippen LogP contribution in [0.3, 0.4) is 0 Å². The zero-order chi connectivity index (χ0) is 18.4. The molecule has 0 aliphatic carbocycles. The predicted molar refractivity (Wildman–Crippen MR) is 104 cm³/mol. The molecule has 25 heavy (non-hydrogen) atoms. The minimum absolute atomic E-state index is 0.0937. The maximum Gasteiger partial charge on any atom is 0.237 e. The minimum atomic E-state index is -0.398. The second-order valence-corrected chi connectivity index (χ2v) is 9.40. The molecule has 1 aromatic carbocycles. The molecule has 0 saturated carbocycles. The maximum atomic E-state index is 12.3. The molecular weight excluding hydrogens is 376 g/mol. The van der Waals surface area contributed by atoms with Crippen LogP contribution in [0.2, 0.25) is 0 Å². The third kappa shape index (κ3) is 6.33. The van der Waals surface area contributed by atoms with Gasteiger partial charge in [-0.25, -0.2) is 0 Å². The first kappa shape index (κ1) is 19.7. The minimum Gasteiger partial charge on any atom is -0.369 e. The highest BCUT2D eigenvalue weighted by molar-refractivity contribution is 8.04. The molecule has 0 spiro atoms. The van der Waals surface area contributed by atoms with Crippen molar-refractivity contribution >= 4 is 52.4 Å². The molecule has 0 unspecified atom stereocenters. The van der Waals surface area contributed by atoms with Gasteiger partial charge in [-0.15, -0.1) is 10.2 Å². The van der Waals surface area contributed by atoms with Gasteiger partial charge in [0.15, 0.2) is 8.68 Å². The molecule has 9 heteroatoms. The van der Waals surface area contributed by atoms with Crippen LogP contribution >= 0.6 is 34.9 Å². The van der Waals surface area contributed by atoms with Crippen molar-refractivity contribution in [1.29, 1.82) is 0 Å². The predicted octanol–water partition coefficient (Wildman–Crippen LogP) is 3.36. The van der Waals surface area contributed by atoms with Crippen molar-refractivity contribution in [2.75, 3.05) is 11.1 Å². The molecule has 0 saturated heterocycles. The summed E-state index contributed by atoms with van der Waals surface area (Å²) in [6.45, 7) is 6.08. The third-order valence-electron chi connectivity index (χ3n) is 3.22. The summed E-state index contributed by atoms with van der Waals surface area (Å²) in [7, 11) is 0. The summed E-state index contributed by atoms with van der Waals surface area (Å²) in [5, 5.41) is 10.6. The maximum absolute atomic E-state index is 12.3. The van der Waals surface area contributed by atoms with Crippen molar-refractivity contribution in [3.05, 3.63) is 29.8 Å².